The lowest BCUT2D eigenvalue weighted by molar-refractivity contribution is -0.118. The van der Waals surface area contributed by atoms with Gasteiger partial charge < -0.3 is 10.1 Å². The van der Waals surface area contributed by atoms with Gasteiger partial charge in [-0.25, -0.2) is 13.2 Å². The van der Waals surface area contributed by atoms with Crippen molar-refractivity contribution in [3.63, 3.8) is 0 Å². The van der Waals surface area contributed by atoms with Crippen molar-refractivity contribution < 1.29 is 22.7 Å². The molecule has 6 heteroatoms. The van der Waals surface area contributed by atoms with Crippen molar-refractivity contribution in [1.29, 1.82) is 0 Å². The van der Waals surface area contributed by atoms with E-state index in [1.165, 1.54) is 19.1 Å². The van der Waals surface area contributed by atoms with Crippen LogP contribution < -0.4 is 10.1 Å². The molecule has 0 aliphatic carbocycles. The molecule has 0 aliphatic rings. The molecule has 3 rings (SSSR count). The molecule has 0 heterocycles. The number of anilines is 1. The Labute approximate surface area is 167 Å². The molecule has 0 fully saturated rings. The highest BCUT2D eigenvalue weighted by atomic mass is 19.1. The van der Waals surface area contributed by atoms with Crippen molar-refractivity contribution >= 4 is 11.5 Å². The quantitative estimate of drug-likeness (QED) is 0.557. The molecule has 3 aromatic carbocycles. The van der Waals surface area contributed by atoms with E-state index in [1.807, 2.05) is 25.1 Å². The first kappa shape index (κ1) is 20.5. The zero-order chi connectivity index (χ0) is 21.0. The van der Waals surface area contributed by atoms with E-state index in [4.69, 9.17) is 4.74 Å². The number of benzene rings is 3. The van der Waals surface area contributed by atoms with Gasteiger partial charge in [-0.3, -0.25) is 4.79 Å². The van der Waals surface area contributed by atoms with Gasteiger partial charge in [0.05, 0.1) is 0 Å². The first-order valence-corrected chi connectivity index (χ1v) is 9.04. The Morgan fingerprint density at radius 1 is 1.00 bits per heavy atom. The summed E-state index contributed by atoms with van der Waals surface area (Å²) in [6.45, 7) is 3.05. The normalized spacial score (nSPS) is 10.7. The molecule has 1 N–H and O–H groups in total. The molecular weight excluding hydrogens is 379 g/mol. The summed E-state index contributed by atoms with van der Waals surface area (Å²) < 4.78 is 47.4. The second kappa shape index (κ2) is 8.82. The molecule has 3 nitrogen and oxygen atoms in total. The Kier molecular flexibility index (Phi) is 6.22. The predicted octanol–water partition coefficient (Wildman–Crippen LogP) is 5.66. The number of hydrogen-bond acceptors (Lipinski definition) is 3. The molecule has 0 saturated heterocycles. The fourth-order valence-electron chi connectivity index (χ4n) is 2.88. The second-order valence-corrected chi connectivity index (χ2v) is 6.73. The van der Waals surface area contributed by atoms with E-state index in [-0.39, 0.29) is 36.2 Å². The van der Waals surface area contributed by atoms with Crippen LogP contribution in [-0.2, 0) is 11.3 Å². The molecule has 150 valence electrons. The second-order valence-electron chi connectivity index (χ2n) is 6.73. The summed E-state index contributed by atoms with van der Waals surface area (Å²) in [7, 11) is 0. The van der Waals surface area contributed by atoms with Gasteiger partial charge in [-0.05, 0) is 66.4 Å². The average Bonchev–Trinajstić information content (AvgIpc) is 2.68. The summed E-state index contributed by atoms with van der Waals surface area (Å²) in [6, 6.07) is 14.0. The average molecular weight is 399 g/mol. The van der Waals surface area contributed by atoms with Gasteiger partial charge in [-0.2, -0.15) is 0 Å². The topological polar surface area (TPSA) is 38.3 Å². The van der Waals surface area contributed by atoms with Crippen LogP contribution in [0.3, 0.4) is 0 Å². The number of rotatable bonds is 7. The van der Waals surface area contributed by atoms with Crippen molar-refractivity contribution in [3.05, 3.63) is 83.2 Å². The zero-order valence-corrected chi connectivity index (χ0v) is 16.1. The molecule has 0 amide bonds. The Hall–Kier alpha value is -3.28. The van der Waals surface area contributed by atoms with Crippen LogP contribution in [-0.4, -0.2) is 12.4 Å². The molecule has 0 saturated carbocycles. The van der Waals surface area contributed by atoms with Crippen LogP contribution >= 0.6 is 0 Å². The molecule has 3 aromatic rings. The van der Waals surface area contributed by atoms with Gasteiger partial charge in [-0.1, -0.05) is 24.3 Å². The molecule has 0 spiro atoms. The van der Waals surface area contributed by atoms with Crippen molar-refractivity contribution in [3.8, 4) is 16.9 Å². The van der Waals surface area contributed by atoms with Gasteiger partial charge in [0.1, 0.15) is 23.9 Å². The monoisotopic (exact) mass is 399 g/mol. The number of carbonyl (C=O) groups excluding carboxylic acids is 1. The molecule has 0 radical (unpaired) electrons. The first-order valence-electron chi connectivity index (χ1n) is 9.04. The lowest BCUT2D eigenvalue weighted by atomic mass is 9.99. The van der Waals surface area contributed by atoms with E-state index in [1.54, 1.807) is 12.1 Å². The van der Waals surface area contributed by atoms with E-state index in [2.05, 4.69) is 5.32 Å². The van der Waals surface area contributed by atoms with E-state index < -0.39 is 11.6 Å². The van der Waals surface area contributed by atoms with Crippen molar-refractivity contribution in [2.24, 2.45) is 0 Å². The Balaban J connectivity index is 1.83. The number of nitrogens with one attached hydrogen (secondary N) is 1. The number of carbonyl (C=O) groups is 1. The maximum Gasteiger partial charge on any atom is 0.191 e. The summed E-state index contributed by atoms with van der Waals surface area (Å²) in [6.07, 6.45) is 0. The number of Topliss-reactive ketones (excluding diaryl/α,β-unsaturated/α-hetero) is 1. The van der Waals surface area contributed by atoms with Crippen LogP contribution in [0, 0.1) is 24.4 Å². The zero-order valence-electron chi connectivity index (χ0n) is 16.1. The fraction of sp³-hybridized carbons (Fsp3) is 0.174. The summed E-state index contributed by atoms with van der Waals surface area (Å²) in [5, 5.41) is 2.77. The van der Waals surface area contributed by atoms with Crippen molar-refractivity contribution in [1.82, 2.24) is 0 Å². The third-order valence-corrected chi connectivity index (χ3v) is 4.45. The van der Waals surface area contributed by atoms with Crippen LogP contribution in [0.5, 0.6) is 5.75 Å². The minimum absolute atomic E-state index is 0.152. The Bertz CT molecular complexity index is 1050. The SMILES string of the molecule is CC(=O)COc1ccc(F)c(NCc2cc(-c3cccc(F)c3)ccc2C)c1F. The number of halogens is 3. The summed E-state index contributed by atoms with van der Waals surface area (Å²) in [5.41, 5.74) is 2.90. The van der Waals surface area contributed by atoms with Gasteiger partial charge in [0, 0.05) is 6.54 Å². The smallest absolute Gasteiger partial charge is 0.191 e. The van der Waals surface area contributed by atoms with Crippen LogP contribution in [0.4, 0.5) is 18.9 Å². The fourth-order valence-corrected chi connectivity index (χ4v) is 2.88. The Morgan fingerprint density at radius 2 is 1.76 bits per heavy atom. The molecule has 0 unspecified atom stereocenters. The number of hydrogen-bond donors (Lipinski definition) is 1. The minimum atomic E-state index is -0.898. The molecule has 0 bridgehead atoms. The number of ether oxygens (including phenoxy) is 1. The molecule has 0 aromatic heterocycles. The van der Waals surface area contributed by atoms with Crippen molar-refractivity contribution in [2.45, 2.75) is 20.4 Å². The standard InChI is InChI=1S/C23H20F3NO2/c1-14-6-7-17(16-4-3-5-19(24)11-16)10-18(14)12-27-23-20(25)8-9-21(22(23)26)29-13-15(2)28/h3-11,27H,12-13H2,1-2H3. The van der Waals surface area contributed by atoms with Crippen LogP contribution in [0.25, 0.3) is 11.1 Å². The summed E-state index contributed by atoms with van der Waals surface area (Å²) in [5.74, 6) is -2.47. The van der Waals surface area contributed by atoms with E-state index in [0.717, 1.165) is 28.8 Å². The first-order chi connectivity index (χ1) is 13.8. The lowest BCUT2D eigenvalue weighted by Gasteiger charge is -2.14. The Morgan fingerprint density at radius 3 is 2.48 bits per heavy atom. The molecule has 0 atom stereocenters. The highest BCUT2D eigenvalue weighted by Crippen LogP contribution is 2.29. The maximum absolute atomic E-state index is 14.6. The largest absolute Gasteiger partial charge is 0.483 e. The summed E-state index contributed by atoms with van der Waals surface area (Å²) in [4.78, 5) is 11.0. The van der Waals surface area contributed by atoms with Crippen LogP contribution in [0.15, 0.2) is 54.6 Å². The van der Waals surface area contributed by atoms with Gasteiger partial charge in [0.15, 0.2) is 17.3 Å². The predicted molar refractivity (Wildman–Crippen MR) is 106 cm³/mol. The molecular formula is C23H20F3NO2. The number of ketones is 1. The molecule has 0 aliphatic heterocycles. The number of aryl methyl sites for hydroxylation is 1. The highest BCUT2D eigenvalue weighted by molar-refractivity contribution is 5.77. The van der Waals surface area contributed by atoms with Crippen LogP contribution in [0.1, 0.15) is 18.1 Å². The van der Waals surface area contributed by atoms with Gasteiger partial charge in [0.2, 0.25) is 0 Å². The third-order valence-electron chi connectivity index (χ3n) is 4.45. The summed E-state index contributed by atoms with van der Waals surface area (Å²) >= 11 is 0. The minimum Gasteiger partial charge on any atom is -0.483 e. The van der Waals surface area contributed by atoms with Gasteiger partial charge in [-0.15, -0.1) is 0 Å². The maximum atomic E-state index is 14.6. The van der Waals surface area contributed by atoms with E-state index in [9.17, 15) is 18.0 Å². The van der Waals surface area contributed by atoms with Gasteiger partial charge >= 0.3 is 0 Å². The van der Waals surface area contributed by atoms with Crippen molar-refractivity contribution in [2.75, 3.05) is 11.9 Å². The third kappa shape index (κ3) is 4.96. The van der Waals surface area contributed by atoms with Crippen LogP contribution in [0.2, 0.25) is 0 Å². The van der Waals surface area contributed by atoms with E-state index in [0.29, 0.717) is 5.56 Å². The van der Waals surface area contributed by atoms with E-state index >= 15 is 0 Å². The lowest BCUT2D eigenvalue weighted by Crippen LogP contribution is -2.10. The highest BCUT2D eigenvalue weighted by Gasteiger charge is 2.16. The van der Waals surface area contributed by atoms with Gasteiger partial charge in [0.25, 0.3) is 0 Å². The molecule has 29 heavy (non-hydrogen) atoms.